The fraction of sp³-hybridized carbons (Fsp3) is 0.333. The Morgan fingerprint density at radius 1 is 1.00 bits per heavy atom. The maximum absolute atomic E-state index is 12.9. The Balaban J connectivity index is 1.40. The van der Waals surface area contributed by atoms with E-state index in [1.54, 1.807) is 4.90 Å². The quantitative estimate of drug-likeness (QED) is 0.467. The zero-order valence-corrected chi connectivity index (χ0v) is 20.8. The molecule has 0 saturated heterocycles. The molecule has 1 aliphatic rings. The third-order valence-electron chi connectivity index (χ3n) is 6.37. The lowest BCUT2D eigenvalue weighted by atomic mass is 9.86. The molecule has 1 atom stereocenters. The van der Waals surface area contributed by atoms with Crippen LogP contribution < -0.4 is 15.0 Å². The second kappa shape index (κ2) is 10.8. The van der Waals surface area contributed by atoms with Crippen molar-refractivity contribution in [2.45, 2.75) is 51.5 Å². The SMILES string of the molecule is CC(C)(C)c1ccc2c(c1)N(CCCC(=O)NC(Cc1ccccc1)c1ccccc1)C(=O)CO2. The van der Waals surface area contributed by atoms with E-state index in [9.17, 15) is 9.59 Å². The Morgan fingerprint density at radius 2 is 1.69 bits per heavy atom. The third kappa shape index (κ3) is 6.30. The largest absolute Gasteiger partial charge is 0.482 e. The van der Waals surface area contributed by atoms with Crippen LogP contribution in [-0.4, -0.2) is 25.0 Å². The fourth-order valence-electron chi connectivity index (χ4n) is 4.37. The van der Waals surface area contributed by atoms with Gasteiger partial charge in [0, 0.05) is 13.0 Å². The predicted octanol–water partition coefficient (Wildman–Crippen LogP) is 5.59. The Bertz CT molecular complexity index is 1150. The maximum atomic E-state index is 12.9. The minimum atomic E-state index is -0.105. The van der Waals surface area contributed by atoms with Crippen LogP contribution in [0.1, 0.15) is 56.3 Å². The van der Waals surface area contributed by atoms with Gasteiger partial charge in [0.2, 0.25) is 5.91 Å². The van der Waals surface area contributed by atoms with E-state index < -0.39 is 0 Å². The van der Waals surface area contributed by atoms with E-state index >= 15 is 0 Å². The van der Waals surface area contributed by atoms with Gasteiger partial charge in [0.15, 0.2) is 6.61 Å². The molecule has 0 radical (unpaired) electrons. The van der Waals surface area contributed by atoms with Crippen molar-refractivity contribution < 1.29 is 14.3 Å². The molecule has 0 aromatic heterocycles. The number of anilines is 1. The summed E-state index contributed by atoms with van der Waals surface area (Å²) in [6.45, 7) is 6.95. The second-order valence-corrected chi connectivity index (χ2v) is 10.1. The zero-order chi connectivity index (χ0) is 24.8. The number of carbonyl (C=O) groups is 2. The van der Waals surface area contributed by atoms with E-state index in [-0.39, 0.29) is 29.9 Å². The molecule has 35 heavy (non-hydrogen) atoms. The molecule has 1 unspecified atom stereocenters. The van der Waals surface area contributed by atoms with Gasteiger partial charge in [0.05, 0.1) is 11.7 Å². The predicted molar refractivity (Wildman–Crippen MR) is 140 cm³/mol. The summed E-state index contributed by atoms with van der Waals surface area (Å²) in [5, 5.41) is 3.21. The number of benzene rings is 3. The molecule has 1 aliphatic heterocycles. The average Bonchev–Trinajstić information content (AvgIpc) is 2.85. The minimum Gasteiger partial charge on any atom is -0.482 e. The van der Waals surface area contributed by atoms with Gasteiger partial charge in [0.25, 0.3) is 5.91 Å². The highest BCUT2D eigenvalue weighted by Crippen LogP contribution is 2.36. The highest BCUT2D eigenvalue weighted by Gasteiger charge is 2.27. The summed E-state index contributed by atoms with van der Waals surface area (Å²) in [6.07, 6.45) is 1.64. The Hall–Kier alpha value is -3.60. The number of amides is 2. The number of nitrogens with one attached hydrogen (secondary N) is 1. The van der Waals surface area contributed by atoms with Gasteiger partial charge >= 0.3 is 0 Å². The number of hydrogen-bond acceptors (Lipinski definition) is 3. The van der Waals surface area contributed by atoms with E-state index in [4.69, 9.17) is 4.74 Å². The number of carbonyl (C=O) groups excluding carboxylic acids is 2. The lowest BCUT2D eigenvalue weighted by molar-refractivity contribution is -0.123. The van der Waals surface area contributed by atoms with Gasteiger partial charge in [-0.3, -0.25) is 9.59 Å². The summed E-state index contributed by atoms with van der Waals surface area (Å²) >= 11 is 0. The van der Waals surface area contributed by atoms with Crippen LogP contribution in [0.5, 0.6) is 5.75 Å². The molecule has 0 saturated carbocycles. The van der Waals surface area contributed by atoms with E-state index in [2.05, 4.69) is 44.3 Å². The van der Waals surface area contributed by atoms with Crippen molar-refractivity contribution in [2.75, 3.05) is 18.1 Å². The highest BCUT2D eigenvalue weighted by molar-refractivity contribution is 5.98. The molecule has 5 nitrogen and oxygen atoms in total. The summed E-state index contributed by atoms with van der Waals surface area (Å²) in [6, 6.07) is 26.2. The Kier molecular flexibility index (Phi) is 7.54. The van der Waals surface area contributed by atoms with Crippen molar-refractivity contribution in [3.63, 3.8) is 0 Å². The van der Waals surface area contributed by atoms with Crippen LogP contribution in [0.4, 0.5) is 5.69 Å². The van der Waals surface area contributed by atoms with Gasteiger partial charge in [-0.15, -0.1) is 0 Å². The van der Waals surface area contributed by atoms with Crippen LogP contribution in [0.3, 0.4) is 0 Å². The minimum absolute atomic E-state index is 0.0147. The van der Waals surface area contributed by atoms with Gasteiger partial charge in [-0.1, -0.05) is 87.5 Å². The first-order chi connectivity index (χ1) is 16.8. The van der Waals surface area contributed by atoms with Crippen LogP contribution in [-0.2, 0) is 21.4 Å². The number of nitrogens with zero attached hydrogens (tertiary/aromatic N) is 1. The van der Waals surface area contributed by atoms with Crippen LogP contribution in [0.2, 0.25) is 0 Å². The molecule has 1 N–H and O–H groups in total. The summed E-state index contributed by atoms with van der Waals surface area (Å²) in [5.41, 5.74) is 4.15. The molecule has 1 heterocycles. The number of hydrogen-bond donors (Lipinski definition) is 1. The fourth-order valence-corrected chi connectivity index (χ4v) is 4.37. The normalized spacial score (nSPS) is 14.1. The van der Waals surface area contributed by atoms with Gasteiger partial charge < -0.3 is 15.0 Å². The monoisotopic (exact) mass is 470 g/mol. The van der Waals surface area contributed by atoms with E-state index in [0.717, 1.165) is 23.2 Å². The lowest BCUT2D eigenvalue weighted by Gasteiger charge is -2.31. The molecule has 0 bridgehead atoms. The third-order valence-corrected chi connectivity index (χ3v) is 6.37. The van der Waals surface area contributed by atoms with E-state index in [1.165, 1.54) is 5.56 Å². The number of ether oxygens (including phenoxy) is 1. The van der Waals surface area contributed by atoms with E-state index in [0.29, 0.717) is 25.1 Å². The number of rotatable bonds is 8. The Morgan fingerprint density at radius 3 is 2.37 bits per heavy atom. The molecule has 3 aromatic carbocycles. The van der Waals surface area contributed by atoms with Crippen molar-refractivity contribution in [1.29, 1.82) is 0 Å². The van der Waals surface area contributed by atoms with Crippen LogP contribution in [0.15, 0.2) is 78.9 Å². The van der Waals surface area contributed by atoms with Crippen molar-refractivity contribution in [3.8, 4) is 5.75 Å². The average molecular weight is 471 g/mol. The zero-order valence-electron chi connectivity index (χ0n) is 20.8. The summed E-state index contributed by atoms with van der Waals surface area (Å²) < 4.78 is 5.65. The molecular formula is C30H34N2O3. The summed E-state index contributed by atoms with van der Waals surface area (Å²) in [4.78, 5) is 27.4. The standard InChI is InChI=1S/C30H34N2O3/c1-30(2,3)24-16-17-27-26(20-24)32(29(34)21-35-27)18-10-15-28(33)31-25(23-13-8-5-9-14-23)19-22-11-6-4-7-12-22/h4-9,11-14,16-17,20,25H,10,15,18-19,21H2,1-3H3,(H,31,33). The smallest absolute Gasteiger partial charge is 0.265 e. The van der Waals surface area contributed by atoms with Crippen molar-refractivity contribution >= 4 is 17.5 Å². The molecular weight excluding hydrogens is 436 g/mol. The first kappa shape index (κ1) is 24.5. The van der Waals surface area contributed by atoms with Gasteiger partial charge in [-0.2, -0.15) is 0 Å². The number of fused-ring (bicyclic) bond motifs is 1. The highest BCUT2D eigenvalue weighted by atomic mass is 16.5. The second-order valence-electron chi connectivity index (χ2n) is 10.1. The van der Waals surface area contributed by atoms with Crippen LogP contribution >= 0.6 is 0 Å². The van der Waals surface area contributed by atoms with Crippen LogP contribution in [0.25, 0.3) is 0 Å². The van der Waals surface area contributed by atoms with Gasteiger partial charge in [0.1, 0.15) is 5.75 Å². The molecule has 3 aromatic rings. The maximum Gasteiger partial charge on any atom is 0.265 e. The van der Waals surface area contributed by atoms with Crippen LogP contribution in [0, 0.1) is 0 Å². The molecule has 0 spiro atoms. The molecule has 5 heteroatoms. The lowest BCUT2D eigenvalue weighted by Crippen LogP contribution is -2.40. The Labute approximate surface area is 208 Å². The molecule has 0 aliphatic carbocycles. The topological polar surface area (TPSA) is 58.6 Å². The molecule has 182 valence electrons. The molecule has 0 fully saturated rings. The van der Waals surface area contributed by atoms with Crippen molar-refractivity contribution in [2.24, 2.45) is 0 Å². The van der Waals surface area contributed by atoms with Crippen molar-refractivity contribution in [1.82, 2.24) is 5.32 Å². The van der Waals surface area contributed by atoms with Crippen molar-refractivity contribution in [3.05, 3.63) is 95.6 Å². The van der Waals surface area contributed by atoms with E-state index in [1.807, 2.05) is 60.7 Å². The summed E-state index contributed by atoms with van der Waals surface area (Å²) in [7, 11) is 0. The first-order valence-electron chi connectivity index (χ1n) is 12.3. The molecule has 2 amide bonds. The first-order valence-corrected chi connectivity index (χ1v) is 12.3. The van der Waals surface area contributed by atoms with Gasteiger partial charge in [-0.25, -0.2) is 0 Å². The summed E-state index contributed by atoms with van der Waals surface area (Å²) in [5.74, 6) is 0.628. The molecule has 4 rings (SSSR count). The van der Waals surface area contributed by atoms with Gasteiger partial charge in [-0.05, 0) is 47.1 Å².